The van der Waals surface area contributed by atoms with E-state index in [2.05, 4.69) is 5.32 Å². The van der Waals surface area contributed by atoms with E-state index in [0.717, 1.165) is 18.9 Å². The van der Waals surface area contributed by atoms with Gasteiger partial charge in [0.1, 0.15) is 11.3 Å². The molecule has 0 saturated heterocycles. The SMILES string of the molecule is CCC1(C(=O)Nc2ccc([S+]([O-])CCC(C)C)c(C(F)(F)F)c2)CC1. The number of carbonyl (C=O) groups is 1. The summed E-state index contributed by atoms with van der Waals surface area (Å²) in [6, 6.07) is 3.52. The molecule has 1 fully saturated rings. The second-order valence-electron chi connectivity index (χ2n) is 7.03. The van der Waals surface area contributed by atoms with E-state index in [-0.39, 0.29) is 28.2 Å². The summed E-state index contributed by atoms with van der Waals surface area (Å²) in [7, 11) is 0. The van der Waals surface area contributed by atoms with Crippen LogP contribution in [0.5, 0.6) is 0 Å². The number of benzene rings is 1. The molecule has 2 rings (SSSR count). The van der Waals surface area contributed by atoms with Crippen molar-refractivity contribution in [2.24, 2.45) is 11.3 Å². The Morgan fingerprint density at radius 1 is 1.36 bits per heavy atom. The van der Waals surface area contributed by atoms with Crippen LogP contribution >= 0.6 is 0 Å². The van der Waals surface area contributed by atoms with E-state index in [1.807, 2.05) is 20.8 Å². The van der Waals surface area contributed by atoms with Crippen molar-refractivity contribution in [1.29, 1.82) is 0 Å². The van der Waals surface area contributed by atoms with Gasteiger partial charge in [0.05, 0.1) is 0 Å². The maximum Gasteiger partial charge on any atom is 0.421 e. The molecule has 1 saturated carbocycles. The minimum Gasteiger partial charge on any atom is -0.611 e. The molecule has 0 aliphatic heterocycles. The second-order valence-corrected chi connectivity index (χ2v) is 8.57. The Morgan fingerprint density at radius 2 is 2.00 bits per heavy atom. The lowest BCUT2D eigenvalue weighted by atomic mass is 10.0. The fourth-order valence-electron chi connectivity index (χ4n) is 2.64. The predicted octanol–water partition coefficient (Wildman–Crippen LogP) is 4.99. The molecule has 1 N–H and O–H groups in total. The largest absolute Gasteiger partial charge is 0.611 e. The molecule has 1 aromatic carbocycles. The van der Waals surface area contributed by atoms with E-state index in [9.17, 15) is 22.5 Å². The normalized spacial score (nSPS) is 17.4. The fraction of sp³-hybridized carbons (Fsp3) is 0.611. The molecule has 0 aromatic heterocycles. The Kier molecular flexibility index (Phi) is 6.09. The molecule has 1 unspecified atom stereocenters. The number of nitrogens with one attached hydrogen (secondary N) is 1. The molecule has 0 bridgehead atoms. The number of anilines is 1. The standard InChI is InChI=1S/C18H24F3NO2S/c1-4-17(8-9-17)16(23)22-13-5-6-15(14(11-13)18(19,20)21)25(24)10-7-12(2)3/h5-6,11-12H,4,7-10H2,1-3H3,(H,22,23). The zero-order valence-corrected chi connectivity index (χ0v) is 15.5. The van der Waals surface area contributed by atoms with Crippen molar-refractivity contribution >= 4 is 22.8 Å². The van der Waals surface area contributed by atoms with E-state index in [0.29, 0.717) is 12.8 Å². The van der Waals surface area contributed by atoms with Crippen LogP contribution in [-0.4, -0.2) is 16.2 Å². The molecular formula is C18H24F3NO2S. The van der Waals surface area contributed by atoms with Crippen molar-refractivity contribution < 1.29 is 22.5 Å². The first-order valence-electron chi connectivity index (χ1n) is 8.50. The van der Waals surface area contributed by atoms with E-state index < -0.39 is 28.3 Å². The molecule has 1 atom stereocenters. The van der Waals surface area contributed by atoms with Crippen molar-refractivity contribution in [3.8, 4) is 0 Å². The summed E-state index contributed by atoms with van der Waals surface area (Å²) >= 11 is -1.72. The highest BCUT2D eigenvalue weighted by Gasteiger charge is 2.48. The Hall–Kier alpha value is -1.21. The average Bonchev–Trinajstić information content (AvgIpc) is 3.33. The van der Waals surface area contributed by atoms with Gasteiger partial charge in [-0.05, 0) is 61.0 Å². The zero-order chi connectivity index (χ0) is 18.8. The minimum absolute atomic E-state index is 0.0988. The number of hydrogen-bond donors (Lipinski definition) is 1. The summed E-state index contributed by atoms with van der Waals surface area (Å²) in [5.74, 6) is 0.211. The van der Waals surface area contributed by atoms with Gasteiger partial charge in [0, 0.05) is 11.1 Å². The minimum atomic E-state index is -4.62. The van der Waals surface area contributed by atoms with Gasteiger partial charge in [0.15, 0.2) is 4.90 Å². The van der Waals surface area contributed by atoms with Gasteiger partial charge >= 0.3 is 6.18 Å². The number of alkyl halides is 3. The Bertz CT molecular complexity index is 627. The molecule has 3 nitrogen and oxygen atoms in total. The highest BCUT2D eigenvalue weighted by Crippen LogP contribution is 2.49. The molecule has 140 valence electrons. The van der Waals surface area contributed by atoms with Crippen molar-refractivity contribution in [2.75, 3.05) is 11.1 Å². The summed E-state index contributed by atoms with van der Waals surface area (Å²) < 4.78 is 52.5. The van der Waals surface area contributed by atoms with Crippen LogP contribution in [0.15, 0.2) is 23.1 Å². The van der Waals surface area contributed by atoms with Gasteiger partial charge in [-0.1, -0.05) is 20.8 Å². The van der Waals surface area contributed by atoms with E-state index in [4.69, 9.17) is 0 Å². The third-order valence-corrected chi connectivity index (χ3v) is 6.13. The van der Waals surface area contributed by atoms with Crippen LogP contribution in [0.25, 0.3) is 0 Å². The molecule has 1 amide bonds. The van der Waals surface area contributed by atoms with Gasteiger partial charge in [0.25, 0.3) is 0 Å². The first-order chi connectivity index (χ1) is 11.6. The van der Waals surface area contributed by atoms with Crippen molar-refractivity contribution in [3.63, 3.8) is 0 Å². The third kappa shape index (κ3) is 4.91. The molecule has 0 radical (unpaired) electrons. The highest BCUT2D eigenvalue weighted by atomic mass is 32.2. The summed E-state index contributed by atoms with van der Waals surface area (Å²) in [5.41, 5.74) is -1.27. The lowest BCUT2D eigenvalue weighted by Crippen LogP contribution is -2.24. The summed E-state index contributed by atoms with van der Waals surface area (Å²) in [6.07, 6.45) is -1.84. The van der Waals surface area contributed by atoms with Gasteiger partial charge in [-0.2, -0.15) is 13.2 Å². The molecule has 1 aromatic rings. The summed E-state index contributed by atoms with van der Waals surface area (Å²) in [4.78, 5) is 12.0. The van der Waals surface area contributed by atoms with Crippen LogP contribution in [0.4, 0.5) is 18.9 Å². The number of rotatable bonds is 7. The third-order valence-electron chi connectivity index (χ3n) is 4.68. The van der Waals surface area contributed by atoms with E-state index in [1.54, 1.807) is 0 Å². The van der Waals surface area contributed by atoms with Crippen molar-refractivity contribution in [3.05, 3.63) is 23.8 Å². The topological polar surface area (TPSA) is 52.2 Å². The fourth-order valence-corrected chi connectivity index (χ4v) is 4.18. The lowest BCUT2D eigenvalue weighted by Gasteiger charge is -2.19. The predicted molar refractivity (Wildman–Crippen MR) is 92.8 cm³/mol. The molecule has 1 aliphatic carbocycles. The first kappa shape index (κ1) is 20.1. The smallest absolute Gasteiger partial charge is 0.421 e. The van der Waals surface area contributed by atoms with Crippen molar-refractivity contribution in [2.45, 2.75) is 57.5 Å². The van der Waals surface area contributed by atoms with E-state index >= 15 is 0 Å². The lowest BCUT2D eigenvalue weighted by molar-refractivity contribution is -0.139. The quantitative estimate of drug-likeness (QED) is 0.683. The van der Waals surface area contributed by atoms with Crippen LogP contribution < -0.4 is 5.32 Å². The number of hydrogen-bond acceptors (Lipinski definition) is 2. The van der Waals surface area contributed by atoms with Crippen molar-refractivity contribution in [1.82, 2.24) is 0 Å². The molecule has 25 heavy (non-hydrogen) atoms. The van der Waals surface area contributed by atoms with Crippen LogP contribution in [0, 0.1) is 11.3 Å². The van der Waals surface area contributed by atoms with Crippen LogP contribution in [0.3, 0.4) is 0 Å². The van der Waals surface area contributed by atoms with Gasteiger partial charge in [0.2, 0.25) is 5.91 Å². The zero-order valence-electron chi connectivity index (χ0n) is 14.7. The monoisotopic (exact) mass is 375 g/mol. The highest BCUT2D eigenvalue weighted by molar-refractivity contribution is 7.91. The Balaban J connectivity index is 2.23. The molecule has 7 heteroatoms. The Labute approximate surface area is 149 Å². The van der Waals surface area contributed by atoms with Gasteiger partial charge in [-0.3, -0.25) is 4.79 Å². The number of carbonyl (C=O) groups excluding carboxylic acids is 1. The number of amides is 1. The van der Waals surface area contributed by atoms with Gasteiger partial charge in [-0.25, -0.2) is 0 Å². The van der Waals surface area contributed by atoms with Gasteiger partial charge in [-0.15, -0.1) is 0 Å². The second kappa shape index (κ2) is 7.58. The Morgan fingerprint density at radius 3 is 2.48 bits per heavy atom. The molecular weight excluding hydrogens is 351 g/mol. The van der Waals surface area contributed by atoms with Crippen LogP contribution in [0.1, 0.15) is 52.0 Å². The molecule has 1 aliphatic rings. The van der Waals surface area contributed by atoms with Crippen LogP contribution in [-0.2, 0) is 22.1 Å². The molecule has 0 spiro atoms. The van der Waals surface area contributed by atoms with Gasteiger partial charge < -0.3 is 9.87 Å². The maximum atomic E-state index is 13.4. The average molecular weight is 375 g/mol. The maximum absolute atomic E-state index is 13.4. The summed E-state index contributed by atoms with van der Waals surface area (Å²) in [5, 5.41) is 2.59. The first-order valence-corrected chi connectivity index (χ1v) is 9.82. The summed E-state index contributed by atoms with van der Waals surface area (Å²) in [6.45, 7) is 5.76. The molecule has 0 heterocycles. The van der Waals surface area contributed by atoms with Crippen LogP contribution in [0.2, 0.25) is 0 Å². The number of halogens is 3. The van der Waals surface area contributed by atoms with E-state index in [1.165, 1.54) is 12.1 Å².